The molecule has 7 heteroatoms. The van der Waals surface area contributed by atoms with E-state index in [1.165, 1.54) is 0 Å². The third kappa shape index (κ3) is 4.03. The number of fused-ring (bicyclic) bond motifs is 1. The molecule has 1 unspecified atom stereocenters. The quantitative estimate of drug-likeness (QED) is 0.258. The first kappa shape index (κ1) is 21.1. The van der Waals surface area contributed by atoms with E-state index in [4.69, 9.17) is 12.8 Å². The van der Waals surface area contributed by atoms with Gasteiger partial charge in [0.05, 0.1) is 16.7 Å². The summed E-state index contributed by atoms with van der Waals surface area (Å²) in [5.41, 5.74) is 3.81. The van der Waals surface area contributed by atoms with Crippen molar-refractivity contribution in [1.82, 2.24) is 9.97 Å². The largest absolute Gasteiger partial charge is 0.588 e. The number of benzene rings is 3. The molecule has 1 heterocycles. The highest BCUT2D eigenvalue weighted by atomic mass is 32.2. The molecule has 1 aromatic heterocycles. The minimum absolute atomic E-state index is 0.389. The zero-order valence-electron chi connectivity index (χ0n) is 17.0. The number of aryl methyl sites for hydroxylation is 1. The number of aromatic amines is 2. The Kier molecular flexibility index (Phi) is 5.61. The van der Waals surface area contributed by atoms with Crippen molar-refractivity contribution >= 4 is 28.1 Å². The van der Waals surface area contributed by atoms with Crippen LogP contribution < -0.4 is 15.8 Å². The SMILES string of the molecule is C#Cc1ccc(-c2ccc(N[S+]([O-])c3cc4[nH]c(=O)c(=O)[nH]c4cc3C)cc2C#C)cc1. The van der Waals surface area contributed by atoms with Crippen LogP contribution in [0.2, 0.25) is 0 Å². The summed E-state index contributed by atoms with van der Waals surface area (Å²) in [7, 11) is 0. The predicted molar refractivity (Wildman–Crippen MR) is 128 cm³/mol. The number of terminal acetylenes is 2. The van der Waals surface area contributed by atoms with Crippen LogP contribution in [0.5, 0.6) is 0 Å². The average molecular weight is 439 g/mol. The summed E-state index contributed by atoms with van der Waals surface area (Å²) < 4.78 is 16.0. The smallest absolute Gasteiger partial charge is 0.314 e. The molecule has 0 aliphatic carbocycles. The first-order valence-electron chi connectivity index (χ1n) is 9.52. The van der Waals surface area contributed by atoms with Crippen molar-refractivity contribution in [2.45, 2.75) is 11.8 Å². The van der Waals surface area contributed by atoms with Gasteiger partial charge in [0.1, 0.15) is 11.4 Å². The Labute approximate surface area is 187 Å². The standard InChI is InChI=1S/C25H17N3O3S/c1-4-16-6-8-18(9-7-16)20-11-10-19(13-17(20)5-2)28-32(31)23-14-22-21(12-15(23)3)26-24(29)25(30)27-22/h1-2,6-14,28H,3H3,(H,26,29)(H,27,30). The van der Waals surface area contributed by atoms with E-state index in [1.54, 1.807) is 31.2 Å². The van der Waals surface area contributed by atoms with E-state index in [2.05, 4.69) is 26.5 Å². The molecular formula is C25H17N3O3S. The molecule has 3 aromatic carbocycles. The van der Waals surface area contributed by atoms with Crippen LogP contribution in [-0.2, 0) is 11.4 Å². The minimum atomic E-state index is -1.63. The molecule has 3 N–H and O–H groups in total. The number of anilines is 1. The number of aromatic nitrogens is 2. The molecule has 0 fully saturated rings. The Morgan fingerprint density at radius 1 is 0.906 bits per heavy atom. The molecule has 0 aliphatic rings. The lowest BCUT2D eigenvalue weighted by Crippen LogP contribution is -2.29. The van der Waals surface area contributed by atoms with Crippen molar-refractivity contribution in [3.05, 3.63) is 92.0 Å². The fraction of sp³-hybridized carbons (Fsp3) is 0.0400. The molecule has 0 saturated heterocycles. The fourth-order valence-electron chi connectivity index (χ4n) is 3.34. The highest BCUT2D eigenvalue weighted by molar-refractivity contribution is 7.92. The molecule has 4 aromatic rings. The van der Waals surface area contributed by atoms with E-state index in [9.17, 15) is 14.1 Å². The van der Waals surface area contributed by atoms with Crippen LogP contribution in [0, 0.1) is 31.6 Å². The Hall–Kier alpha value is -4.17. The highest BCUT2D eigenvalue weighted by Gasteiger charge is 2.18. The third-order valence-electron chi connectivity index (χ3n) is 4.97. The number of hydrogen-bond acceptors (Lipinski definition) is 4. The van der Waals surface area contributed by atoms with Crippen LogP contribution in [0.15, 0.2) is 69.1 Å². The van der Waals surface area contributed by atoms with Crippen molar-refractivity contribution in [2.24, 2.45) is 0 Å². The van der Waals surface area contributed by atoms with E-state index < -0.39 is 22.5 Å². The number of hydrogen-bond donors (Lipinski definition) is 3. The topological polar surface area (TPSA) is 101 Å². The van der Waals surface area contributed by atoms with Crippen molar-refractivity contribution in [2.75, 3.05) is 4.72 Å². The second-order valence-corrected chi connectivity index (χ2v) is 8.25. The van der Waals surface area contributed by atoms with Gasteiger partial charge in [-0.2, -0.15) is 0 Å². The minimum Gasteiger partial charge on any atom is -0.588 e. The highest BCUT2D eigenvalue weighted by Crippen LogP contribution is 2.28. The molecular weight excluding hydrogens is 422 g/mol. The predicted octanol–water partition coefficient (Wildman–Crippen LogP) is 3.29. The summed E-state index contributed by atoms with van der Waals surface area (Å²) in [4.78, 5) is 28.6. The summed E-state index contributed by atoms with van der Waals surface area (Å²) in [5.74, 6) is 5.25. The van der Waals surface area contributed by atoms with Gasteiger partial charge in [-0.15, -0.1) is 12.8 Å². The first-order valence-corrected chi connectivity index (χ1v) is 10.7. The lowest BCUT2D eigenvalue weighted by molar-refractivity contribution is 0.599. The maximum absolute atomic E-state index is 13.0. The van der Waals surface area contributed by atoms with Gasteiger partial charge in [0.15, 0.2) is 4.90 Å². The molecule has 0 aliphatic heterocycles. The molecule has 0 amide bonds. The number of H-pyrrole nitrogens is 2. The van der Waals surface area contributed by atoms with E-state index in [0.717, 1.165) is 16.7 Å². The van der Waals surface area contributed by atoms with Gasteiger partial charge in [0, 0.05) is 22.8 Å². The van der Waals surface area contributed by atoms with Gasteiger partial charge in [0.25, 0.3) is 0 Å². The van der Waals surface area contributed by atoms with E-state index in [-0.39, 0.29) is 0 Å². The summed E-state index contributed by atoms with van der Waals surface area (Å²) in [6.45, 7) is 1.77. The second kappa shape index (κ2) is 8.52. The molecule has 0 spiro atoms. The zero-order valence-corrected chi connectivity index (χ0v) is 17.8. The summed E-state index contributed by atoms with van der Waals surface area (Å²) in [6.07, 6.45) is 11.1. The van der Waals surface area contributed by atoms with Crippen molar-refractivity contribution in [3.8, 4) is 35.8 Å². The summed E-state index contributed by atoms with van der Waals surface area (Å²) in [6, 6.07) is 16.1. The van der Waals surface area contributed by atoms with Gasteiger partial charge >= 0.3 is 11.1 Å². The Bertz CT molecular complexity index is 1540. The molecule has 0 bridgehead atoms. The lowest BCUT2D eigenvalue weighted by Gasteiger charge is -2.15. The maximum atomic E-state index is 13.0. The molecule has 0 saturated carbocycles. The van der Waals surface area contributed by atoms with Gasteiger partial charge < -0.3 is 14.5 Å². The molecule has 0 radical (unpaired) electrons. The van der Waals surface area contributed by atoms with Crippen LogP contribution in [0.1, 0.15) is 16.7 Å². The van der Waals surface area contributed by atoms with Crippen LogP contribution in [0.3, 0.4) is 0 Å². The number of rotatable bonds is 4. The normalized spacial score (nSPS) is 11.5. The third-order valence-corrected chi connectivity index (χ3v) is 6.23. The summed E-state index contributed by atoms with van der Waals surface area (Å²) in [5, 5.41) is 0. The van der Waals surface area contributed by atoms with Crippen LogP contribution in [0.4, 0.5) is 5.69 Å². The summed E-state index contributed by atoms with van der Waals surface area (Å²) >= 11 is -1.63. The average Bonchev–Trinajstić information content (AvgIpc) is 2.79. The first-order chi connectivity index (χ1) is 15.4. The van der Waals surface area contributed by atoms with E-state index in [0.29, 0.717) is 32.7 Å². The molecule has 156 valence electrons. The molecule has 32 heavy (non-hydrogen) atoms. The van der Waals surface area contributed by atoms with Gasteiger partial charge in [-0.05, 0) is 48.4 Å². The van der Waals surface area contributed by atoms with Crippen LogP contribution >= 0.6 is 0 Å². The Morgan fingerprint density at radius 2 is 1.56 bits per heavy atom. The maximum Gasteiger partial charge on any atom is 0.314 e. The van der Waals surface area contributed by atoms with Crippen LogP contribution in [-0.4, -0.2) is 14.5 Å². The molecule has 6 nitrogen and oxygen atoms in total. The van der Waals surface area contributed by atoms with E-state index >= 15 is 0 Å². The van der Waals surface area contributed by atoms with E-state index in [1.807, 2.05) is 30.3 Å². The van der Waals surface area contributed by atoms with Crippen LogP contribution in [0.25, 0.3) is 22.2 Å². The molecule has 1 atom stereocenters. The van der Waals surface area contributed by atoms with Crippen molar-refractivity contribution in [3.63, 3.8) is 0 Å². The lowest BCUT2D eigenvalue weighted by atomic mass is 9.98. The molecule has 4 rings (SSSR count). The van der Waals surface area contributed by atoms with Gasteiger partial charge in [0.2, 0.25) is 0 Å². The zero-order chi connectivity index (χ0) is 22.8. The number of nitrogens with one attached hydrogen (secondary N) is 3. The monoisotopic (exact) mass is 439 g/mol. The van der Waals surface area contributed by atoms with Crippen molar-refractivity contribution < 1.29 is 4.55 Å². The Morgan fingerprint density at radius 3 is 2.19 bits per heavy atom. The van der Waals surface area contributed by atoms with Gasteiger partial charge in [-0.25, -0.2) is 4.72 Å². The van der Waals surface area contributed by atoms with Gasteiger partial charge in [-0.1, -0.05) is 30.0 Å². The van der Waals surface area contributed by atoms with Crippen molar-refractivity contribution in [1.29, 1.82) is 0 Å². The Balaban J connectivity index is 1.65. The fourth-order valence-corrected chi connectivity index (χ4v) is 4.37. The van der Waals surface area contributed by atoms with Gasteiger partial charge in [-0.3, -0.25) is 9.59 Å². The second-order valence-electron chi connectivity index (χ2n) is 7.07.